The molecule has 3 aromatic carbocycles. The molecule has 214 valence electrons. The SMILES string of the molecule is CCNC(=O)C(C)N(Cc1cccc(Br)c1)C(=O)CN(c1ccc(OC)c(OC)c1)S(=O)(=O)c1ccc(C)cc1. The van der Waals surface area contributed by atoms with Crippen molar-refractivity contribution >= 4 is 43.5 Å². The maximum absolute atomic E-state index is 14.0. The van der Waals surface area contributed by atoms with E-state index in [1.807, 2.05) is 31.2 Å². The summed E-state index contributed by atoms with van der Waals surface area (Å²) in [5.74, 6) is -0.182. The molecule has 0 saturated carbocycles. The molecule has 11 heteroatoms. The van der Waals surface area contributed by atoms with E-state index in [4.69, 9.17) is 9.47 Å². The summed E-state index contributed by atoms with van der Waals surface area (Å²) in [4.78, 5) is 28.2. The lowest BCUT2D eigenvalue weighted by Crippen LogP contribution is -2.51. The number of nitrogens with one attached hydrogen (secondary N) is 1. The Morgan fingerprint density at radius 1 is 0.975 bits per heavy atom. The van der Waals surface area contributed by atoms with Gasteiger partial charge in [-0.2, -0.15) is 0 Å². The van der Waals surface area contributed by atoms with Gasteiger partial charge in [-0.15, -0.1) is 0 Å². The van der Waals surface area contributed by atoms with Crippen molar-refractivity contribution in [1.29, 1.82) is 0 Å². The number of anilines is 1. The second-order valence-electron chi connectivity index (χ2n) is 9.09. The van der Waals surface area contributed by atoms with Gasteiger partial charge in [0.1, 0.15) is 12.6 Å². The van der Waals surface area contributed by atoms with E-state index in [0.717, 1.165) is 19.9 Å². The largest absolute Gasteiger partial charge is 0.493 e. The minimum Gasteiger partial charge on any atom is -0.493 e. The quantitative estimate of drug-likeness (QED) is 0.315. The molecule has 3 aromatic rings. The molecular weight excluding hydrogens is 598 g/mol. The summed E-state index contributed by atoms with van der Waals surface area (Å²) >= 11 is 3.44. The molecule has 0 bridgehead atoms. The number of likely N-dealkylation sites (N-methyl/N-ethyl adjacent to an activating group) is 1. The Bertz CT molecular complexity index is 1450. The van der Waals surface area contributed by atoms with Crippen LogP contribution in [0, 0.1) is 6.92 Å². The number of halogens is 1. The highest BCUT2D eigenvalue weighted by Crippen LogP contribution is 2.34. The second kappa shape index (κ2) is 13.7. The van der Waals surface area contributed by atoms with Crippen molar-refractivity contribution in [1.82, 2.24) is 10.2 Å². The first-order chi connectivity index (χ1) is 19.0. The van der Waals surface area contributed by atoms with Gasteiger partial charge in [0.2, 0.25) is 11.8 Å². The molecule has 0 fully saturated rings. The number of methoxy groups -OCH3 is 2. The van der Waals surface area contributed by atoms with Crippen LogP contribution in [0.4, 0.5) is 5.69 Å². The van der Waals surface area contributed by atoms with Gasteiger partial charge in [-0.25, -0.2) is 8.42 Å². The van der Waals surface area contributed by atoms with Crippen LogP contribution in [0.2, 0.25) is 0 Å². The lowest BCUT2D eigenvalue weighted by atomic mass is 10.1. The third-order valence-corrected chi connectivity index (χ3v) is 8.58. The van der Waals surface area contributed by atoms with Crippen molar-refractivity contribution in [3.63, 3.8) is 0 Å². The highest BCUT2D eigenvalue weighted by Gasteiger charge is 2.33. The molecule has 0 aromatic heterocycles. The van der Waals surface area contributed by atoms with Gasteiger partial charge in [0, 0.05) is 23.6 Å². The lowest BCUT2D eigenvalue weighted by Gasteiger charge is -2.32. The molecule has 2 amide bonds. The zero-order valence-electron chi connectivity index (χ0n) is 23.2. The normalized spacial score (nSPS) is 11.8. The van der Waals surface area contributed by atoms with Crippen LogP contribution in [0.1, 0.15) is 25.0 Å². The molecule has 0 radical (unpaired) electrons. The summed E-state index contributed by atoms with van der Waals surface area (Å²) in [6.45, 7) is 5.20. The maximum atomic E-state index is 14.0. The van der Waals surface area contributed by atoms with Gasteiger partial charge >= 0.3 is 0 Å². The second-order valence-corrected chi connectivity index (χ2v) is 11.9. The first-order valence-corrected chi connectivity index (χ1v) is 14.9. The summed E-state index contributed by atoms with van der Waals surface area (Å²) in [7, 11) is -1.28. The number of amides is 2. The Labute approximate surface area is 244 Å². The number of sulfonamides is 1. The predicted molar refractivity (Wildman–Crippen MR) is 158 cm³/mol. The molecule has 3 rings (SSSR count). The third kappa shape index (κ3) is 7.33. The summed E-state index contributed by atoms with van der Waals surface area (Å²) in [6, 6.07) is 17.5. The maximum Gasteiger partial charge on any atom is 0.264 e. The molecule has 0 aliphatic heterocycles. The van der Waals surface area contributed by atoms with E-state index in [9.17, 15) is 18.0 Å². The third-order valence-electron chi connectivity index (χ3n) is 6.30. The van der Waals surface area contributed by atoms with E-state index in [1.165, 1.54) is 37.3 Å². The Morgan fingerprint density at radius 3 is 2.25 bits per heavy atom. The van der Waals surface area contributed by atoms with Gasteiger partial charge in [-0.1, -0.05) is 45.8 Å². The molecule has 0 aliphatic carbocycles. The number of hydrogen-bond acceptors (Lipinski definition) is 6. The van der Waals surface area contributed by atoms with Crippen molar-refractivity contribution in [2.45, 2.75) is 38.3 Å². The number of carbonyl (C=O) groups excluding carboxylic acids is 2. The highest BCUT2D eigenvalue weighted by molar-refractivity contribution is 9.10. The number of nitrogens with zero attached hydrogens (tertiary/aromatic N) is 2. The van der Waals surface area contributed by atoms with Crippen molar-refractivity contribution < 1.29 is 27.5 Å². The van der Waals surface area contributed by atoms with Crippen LogP contribution in [0.25, 0.3) is 0 Å². The topological polar surface area (TPSA) is 105 Å². The van der Waals surface area contributed by atoms with Crippen LogP contribution in [0.15, 0.2) is 76.1 Å². The molecule has 1 atom stereocenters. The van der Waals surface area contributed by atoms with E-state index in [0.29, 0.717) is 18.0 Å². The molecular formula is C29H34BrN3O6S. The van der Waals surface area contributed by atoms with E-state index < -0.39 is 28.5 Å². The van der Waals surface area contributed by atoms with Crippen LogP contribution < -0.4 is 19.1 Å². The number of aryl methyl sites for hydroxylation is 1. The standard InChI is InChI=1S/C29H34BrN3O6S/c1-6-31-29(35)21(3)32(18-22-8-7-9-23(30)16-22)28(34)19-33(24-12-15-26(38-4)27(17-24)39-5)40(36,37)25-13-10-20(2)11-14-25/h7-17,21H,6,18-19H2,1-5H3,(H,31,35). The number of hydrogen-bond donors (Lipinski definition) is 1. The van der Waals surface area contributed by atoms with Crippen molar-refractivity contribution in [3.05, 3.63) is 82.3 Å². The Morgan fingerprint density at radius 2 is 1.65 bits per heavy atom. The van der Waals surface area contributed by atoms with Crippen molar-refractivity contribution in [2.75, 3.05) is 31.6 Å². The molecule has 1 N–H and O–H groups in total. The number of rotatable bonds is 12. The summed E-state index contributed by atoms with van der Waals surface area (Å²) in [5, 5.41) is 2.75. The Balaban J connectivity index is 2.09. The van der Waals surface area contributed by atoms with E-state index in [1.54, 1.807) is 38.1 Å². The van der Waals surface area contributed by atoms with Crippen molar-refractivity contribution in [3.8, 4) is 11.5 Å². The van der Waals surface area contributed by atoms with E-state index >= 15 is 0 Å². The number of ether oxygens (including phenoxy) is 2. The fraction of sp³-hybridized carbons (Fsp3) is 0.310. The van der Waals surface area contributed by atoms with E-state index in [-0.39, 0.29) is 23.0 Å². The van der Waals surface area contributed by atoms with Gasteiger partial charge < -0.3 is 19.7 Å². The van der Waals surface area contributed by atoms with Gasteiger partial charge in [-0.3, -0.25) is 13.9 Å². The summed E-state index contributed by atoms with van der Waals surface area (Å²) in [5.41, 5.74) is 1.88. The molecule has 0 spiro atoms. The fourth-order valence-corrected chi connectivity index (χ4v) is 5.94. The number of benzene rings is 3. The first-order valence-electron chi connectivity index (χ1n) is 12.6. The van der Waals surface area contributed by atoms with Crippen LogP contribution in [-0.2, 0) is 26.2 Å². The fourth-order valence-electron chi connectivity index (χ4n) is 4.08. The molecule has 40 heavy (non-hydrogen) atoms. The molecule has 0 saturated heterocycles. The Hall–Kier alpha value is -3.57. The summed E-state index contributed by atoms with van der Waals surface area (Å²) in [6.07, 6.45) is 0. The molecule has 1 unspecified atom stereocenters. The van der Waals surface area contributed by atoms with Crippen LogP contribution >= 0.6 is 15.9 Å². The van der Waals surface area contributed by atoms with Crippen LogP contribution in [0.5, 0.6) is 11.5 Å². The van der Waals surface area contributed by atoms with Crippen molar-refractivity contribution in [2.24, 2.45) is 0 Å². The van der Waals surface area contributed by atoms with Crippen LogP contribution in [-0.4, -0.2) is 58.5 Å². The summed E-state index contributed by atoms with van der Waals surface area (Å²) < 4.78 is 40.5. The lowest BCUT2D eigenvalue weighted by molar-refractivity contribution is -0.139. The van der Waals surface area contributed by atoms with Gasteiger partial charge in [0.15, 0.2) is 11.5 Å². The average molecular weight is 633 g/mol. The molecule has 0 aliphatic rings. The Kier molecular flexibility index (Phi) is 10.6. The highest BCUT2D eigenvalue weighted by atomic mass is 79.9. The minimum atomic E-state index is -4.20. The zero-order valence-corrected chi connectivity index (χ0v) is 25.6. The predicted octanol–water partition coefficient (Wildman–Crippen LogP) is 4.52. The smallest absolute Gasteiger partial charge is 0.264 e. The monoisotopic (exact) mass is 631 g/mol. The molecule has 9 nitrogen and oxygen atoms in total. The van der Waals surface area contributed by atoms with Gasteiger partial charge in [0.05, 0.1) is 24.8 Å². The number of carbonyl (C=O) groups is 2. The first kappa shape index (κ1) is 31.0. The van der Waals surface area contributed by atoms with Gasteiger partial charge in [0.25, 0.3) is 10.0 Å². The van der Waals surface area contributed by atoms with Gasteiger partial charge in [-0.05, 0) is 62.7 Å². The average Bonchev–Trinajstić information content (AvgIpc) is 2.94. The molecule has 0 heterocycles. The zero-order chi connectivity index (χ0) is 29.4. The van der Waals surface area contributed by atoms with Crippen LogP contribution in [0.3, 0.4) is 0 Å². The minimum absolute atomic E-state index is 0.0241. The van der Waals surface area contributed by atoms with E-state index in [2.05, 4.69) is 21.2 Å².